The molecule has 1 rings (SSSR count). The van der Waals surface area contributed by atoms with Crippen molar-refractivity contribution in [1.29, 1.82) is 5.26 Å². The van der Waals surface area contributed by atoms with Gasteiger partial charge in [-0.1, -0.05) is 0 Å². The van der Waals surface area contributed by atoms with Gasteiger partial charge in [0.1, 0.15) is 11.8 Å². The highest BCUT2D eigenvalue weighted by Crippen LogP contribution is 2.23. The molecule has 0 saturated heterocycles. The summed E-state index contributed by atoms with van der Waals surface area (Å²) in [5.41, 5.74) is 0.731. The van der Waals surface area contributed by atoms with Gasteiger partial charge in [0.15, 0.2) is 5.78 Å². The van der Waals surface area contributed by atoms with Crippen molar-refractivity contribution >= 4 is 5.78 Å². The summed E-state index contributed by atoms with van der Waals surface area (Å²) >= 11 is 0. The van der Waals surface area contributed by atoms with Crippen molar-refractivity contribution in [3.63, 3.8) is 0 Å². The number of hydrogen-bond acceptors (Lipinski definition) is 3. The van der Waals surface area contributed by atoms with Crippen molar-refractivity contribution in [2.75, 3.05) is 0 Å². The molecule has 1 aromatic carbocycles. The predicted octanol–water partition coefficient (Wildman–Crippen LogP) is 2.67. The molecule has 0 unspecified atom stereocenters. The maximum atomic E-state index is 12.0. The summed E-state index contributed by atoms with van der Waals surface area (Å²) in [6.45, 7) is -0.0682. The van der Waals surface area contributed by atoms with Crippen LogP contribution in [0.15, 0.2) is 12.1 Å². The Hall–Kier alpha value is -1.96. The molecule has 0 radical (unpaired) electrons. The number of hydrogen-bond donors (Lipinski definition) is 0. The van der Waals surface area contributed by atoms with E-state index < -0.39 is 6.61 Å². The van der Waals surface area contributed by atoms with E-state index in [2.05, 4.69) is 4.74 Å². The molecule has 0 saturated carbocycles. The van der Waals surface area contributed by atoms with E-state index in [1.54, 1.807) is 13.0 Å². The van der Waals surface area contributed by atoms with Crippen LogP contribution < -0.4 is 4.74 Å². The number of Topliss-reactive ketones (excluding diaryl/α,β-unsaturated/α-hetero) is 1. The number of nitriles is 1. The Kier molecular flexibility index (Phi) is 3.56. The molecule has 0 atom stereocenters. The number of carbonyl (C=O) groups is 1. The molecule has 0 aliphatic carbocycles. The summed E-state index contributed by atoms with van der Waals surface area (Å²) in [7, 11) is 0. The summed E-state index contributed by atoms with van der Waals surface area (Å²) in [5.74, 6) is -0.397. The minimum atomic E-state index is -2.95. The minimum Gasteiger partial charge on any atom is -0.435 e. The Morgan fingerprint density at radius 2 is 2.12 bits per heavy atom. The van der Waals surface area contributed by atoms with E-state index in [1.165, 1.54) is 13.0 Å². The van der Waals surface area contributed by atoms with Crippen LogP contribution in [-0.2, 0) is 0 Å². The molecule has 0 amide bonds. The quantitative estimate of drug-likeness (QED) is 0.743. The molecule has 0 spiro atoms. The van der Waals surface area contributed by atoms with Gasteiger partial charge in [-0.05, 0) is 31.5 Å². The van der Waals surface area contributed by atoms with Crippen molar-refractivity contribution in [3.05, 3.63) is 28.8 Å². The summed E-state index contributed by atoms with van der Waals surface area (Å²) in [6, 6.07) is 4.23. The number of halogens is 2. The molecule has 0 aliphatic rings. The Morgan fingerprint density at radius 1 is 1.50 bits per heavy atom. The second-order valence-corrected chi connectivity index (χ2v) is 3.21. The van der Waals surface area contributed by atoms with Gasteiger partial charge in [0.2, 0.25) is 0 Å². The zero-order chi connectivity index (χ0) is 12.3. The monoisotopic (exact) mass is 225 g/mol. The van der Waals surface area contributed by atoms with Crippen molar-refractivity contribution in [1.82, 2.24) is 0 Å². The molecule has 1 aromatic rings. The highest BCUT2D eigenvalue weighted by atomic mass is 19.3. The van der Waals surface area contributed by atoms with Crippen LogP contribution in [0, 0.1) is 18.3 Å². The highest BCUT2D eigenvalue weighted by Gasteiger charge is 2.14. The number of aryl methyl sites for hydroxylation is 1. The lowest BCUT2D eigenvalue weighted by Crippen LogP contribution is -2.05. The van der Waals surface area contributed by atoms with Gasteiger partial charge >= 0.3 is 6.61 Å². The zero-order valence-corrected chi connectivity index (χ0v) is 8.75. The van der Waals surface area contributed by atoms with E-state index in [-0.39, 0.29) is 22.7 Å². The van der Waals surface area contributed by atoms with Crippen LogP contribution in [0.4, 0.5) is 8.78 Å². The minimum absolute atomic E-state index is 0.0446. The normalized spacial score (nSPS) is 10.0. The van der Waals surface area contributed by atoms with Gasteiger partial charge < -0.3 is 4.74 Å². The van der Waals surface area contributed by atoms with Crippen molar-refractivity contribution < 1.29 is 18.3 Å². The first-order chi connectivity index (χ1) is 7.45. The number of alkyl halides is 2. The molecule has 84 valence electrons. The van der Waals surface area contributed by atoms with Gasteiger partial charge in [0.05, 0.1) is 5.56 Å². The first-order valence-corrected chi connectivity index (χ1v) is 4.46. The van der Waals surface area contributed by atoms with Crippen LogP contribution in [0.1, 0.15) is 28.4 Å². The summed E-state index contributed by atoms with van der Waals surface area (Å²) in [5, 5.41) is 8.81. The van der Waals surface area contributed by atoms with E-state index in [0.717, 1.165) is 6.07 Å². The van der Waals surface area contributed by atoms with Crippen LogP contribution in [0.5, 0.6) is 5.75 Å². The third-order valence-electron chi connectivity index (χ3n) is 2.01. The number of nitrogens with zero attached hydrogens (tertiary/aromatic N) is 1. The maximum Gasteiger partial charge on any atom is 0.387 e. The van der Waals surface area contributed by atoms with E-state index in [4.69, 9.17) is 5.26 Å². The van der Waals surface area contributed by atoms with E-state index in [1.807, 2.05) is 0 Å². The Labute approximate surface area is 91.3 Å². The largest absolute Gasteiger partial charge is 0.435 e. The van der Waals surface area contributed by atoms with Gasteiger partial charge in [-0.2, -0.15) is 14.0 Å². The standard InChI is InChI=1S/C11H9F2NO2/c1-6-3-9(16-11(12)13)4-8(5-14)10(6)7(2)15/h3-4,11H,1-2H3. The van der Waals surface area contributed by atoms with Gasteiger partial charge in [-0.15, -0.1) is 0 Å². The van der Waals surface area contributed by atoms with Crippen LogP contribution in [0.3, 0.4) is 0 Å². The predicted molar refractivity (Wildman–Crippen MR) is 52.5 cm³/mol. The number of ether oxygens (including phenoxy) is 1. The second-order valence-electron chi connectivity index (χ2n) is 3.21. The molecular formula is C11H9F2NO2. The van der Waals surface area contributed by atoms with Crippen LogP contribution in [0.2, 0.25) is 0 Å². The Bertz CT molecular complexity index is 464. The fourth-order valence-electron chi connectivity index (χ4n) is 1.48. The van der Waals surface area contributed by atoms with Crippen molar-refractivity contribution in [3.8, 4) is 11.8 Å². The SMILES string of the molecule is CC(=O)c1c(C)cc(OC(F)F)cc1C#N. The smallest absolute Gasteiger partial charge is 0.387 e. The molecule has 3 nitrogen and oxygen atoms in total. The van der Waals surface area contributed by atoms with Gasteiger partial charge in [0, 0.05) is 5.56 Å². The first kappa shape index (κ1) is 12.1. The topological polar surface area (TPSA) is 50.1 Å². The molecule has 0 aliphatic heterocycles. The third kappa shape index (κ3) is 2.54. The van der Waals surface area contributed by atoms with Gasteiger partial charge in [-0.25, -0.2) is 0 Å². The lowest BCUT2D eigenvalue weighted by atomic mass is 9.99. The maximum absolute atomic E-state index is 12.0. The fraction of sp³-hybridized carbons (Fsp3) is 0.273. The van der Waals surface area contributed by atoms with E-state index >= 15 is 0 Å². The fourth-order valence-corrected chi connectivity index (χ4v) is 1.48. The highest BCUT2D eigenvalue weighted by molar-refractivity contribution is 5.98. The number of ketones is 1. The lowest BCUT2D eigenvalue weighted by molar-refractivity contribution is -0.0498. The zero-order valence-electron chi connectivity index (χ0n) is 8.75. The van der Waals surface area contributed by atoms with Gasteiger partial charge in [0.25, 0.3) is 0 Å². The van der Waals surface area contributed by atoms with Crippen LogP contribution in [-0.4, -0.2) is 12.4 Å². The lowest BCUT2D eigenvalue weighted by Gasteiger charge is -2.09. The molecule has 0 N–H and O–H groups in total. The Balaban J connectivity index is 3.28. The molecule has 0 fully saturated rings. The molecule has 5 heteroatoms. The number of rotatable bonds is 3. The van der Waals surface area contributed by atoms with Crippen molar-refractivity contribution in [2.24, 2.45) is 0 Å². The molecular weight excluding hydrogens is 216 g/mol. The summed E-state index contributed by atoms with van der Waals surface area (Å²) in [4.78, 5) is 11.2. The first-order valence-electron chi connectivity index (χ1n) is 4.46. The summed E-state index contributed by atoms with van der Waals surface area (Å²) in [6.07, 6.45) is 0. The van der Waals surface area contributed by atoms with E-state index in [9.17, 15) is 13.6 Å². The third-order valence-corrected chi connectivity index (χ3v) is 2.01. The van der Waals surface area contributed by atoms with E-state index in [0.29, 0.717) is 5.56 Å². The average Bonchev–Trinajstić information content (AvgIpc) is 2.14. The number of carbonyl (C=O) groups excluding carboxylic acids is 1. The Morgan fingerprint density at radius 3 is 2.56 bits per heavy atom. The molecule has 0 heterocycles. The van der Waals surface area contributed by atoms with Crippen LogP contribution >= 0.6 is 0 Å². The molecule has 0 aromatic heterocycles. The average molecular weight is 225 g/mol. The summed E-state index contributed by atoms with van der Waals surface area (Å²) < 4.78 is 28.1. The van der Waals surface area contributed by atoms with Crippen LogP contribution in [0.25, 0.3) is 0 Å². The second kappa shape index (κ2) is 4.71. The van der Waals surface area contributed by atoms with Crippen molar-refractivity contribution in [2.45, 2.75) is 20.5 Å². The molecule has 16 heavy (non-hydrogen) atoms. The molecule has 0 bridgehead atoms. The van der Waals surface area contributed by atoms with Gasteiger partial charge in [-0.3, -0.25) is 4.79 Å². The number of benzene rings is 1.